The Labute approximate surface area is 160 Å². The number of nitrogens with zero attached hydrogens (tertiary/aromatic N) is 2. The first-order chi connectivity index (χ1) is 13.3. The molecule has 27 heavy (non-hydrogen) atoms. The molecule has 0 N–H and O–H groups in total. The quantitative estimate of drug-likeness (QED) is 0.744. The van der Waals surface area contributed by atoms with E-state index >= 15 is 0 Å². The van der Waals surface area contributed by atoms with Crippen LogP contribution >= 0.6 is 0 Å². The maximum absolute atomic E-state index is 6.61. The Morgan fingerprint density at radius 3 is 2.63 bits per heavy atom. The molecule has 4 heteroatoms. The lowest BCUT2D eigenvalue weighted by Crippen LogP contribution is -2.54. The smallest absolute Gasteiger partial charge is 0.198 e. The molecule has 0 radical (unpaired) electrons. The zero-order chi connectivity index (χ0) is 18.3. The molecule has 1 atom stereocenters. The van der Waals surface area contributed by atoms with Crippen LogP contribution < -0.4 is 9.47 Å². The fourth-order valence-electron chi connectivity index (χ4n) is 4.75. The molecule has 0 bridgehead atoms. The van der Waals surface area contributed by atoms with Gasteiger partial charge in [0.05, 0.1) is 18.4 Å². The summed E-state index contributed by atoms with van der Waals surface area (Å²) >= 11 is 0. The van der Waals surface area contributed by atoms with Crippen LogP contribution in [0, 0.1) is 0 Å². The minimum atomic E-state index is -0.274. The second kappa shape index (κ2) is 6.59. The van der Waals surface area contributed by atoms with Crippen molar-refractivity contribution >= 4 is 5.71 Å². The third-order valence-corrected chi connectivity index (χ3v) is 6.04. The van der Waals surface area contributed by atoms with Gasteiger partial charge in [-0.2, -0.15) is 5.10 Å². The van der Waals surface area contributed by atoms with Crippen LogP contribution in [0.1, 0.15) is 62.6 Å². The van der Waals surface area contributed by atoms with Crippen molar-refractivity contribution in [1.82, 2.24) is 5.01 Å². The van der Waals surface area contributed by atoms with Gasteiger partial charge in [0.2, 0.25) is 0 Å². The van der Waals surface area contributed by atoms with Crippen LogP contribution in [0.4, 0.5) is 0 Å². The third-order valence-electron chi connectivity index (χ3n) is 6.04. The molecule has 5 rings (SSSR count). The lowest BCUT2D eigenvalue weighted by Gasteiger charge is -2.49. The Bertz CT molecular complexity index is 853. The zero-order valence-electron chi connectivity index (χ0n) is 15.9. The molecule has 2 aliphatic heterocycles. The third kappa shape index (κ3) is 2.78. The van der Waals surface area contributed by atoms with Gasteiger partial charge in [0, 0.05) is 24.8 Å². The molecule has 2 aromatic carbocycles. The highest BCUT2D eigenvalue weighted by Crippen LogP contribution is 2.51. The summed E-state index contributed by atoms with van der Waals surface area (Å²) in [6.45, 7) is 2.70. The molecule has 2 heterocycles. The van der Waals surface area contributed by atoms with Gasteiger partial charge in [0.1, 0.15) is 11.5 Å². The summed E-state index contributed by atoms with van der Waals surface area (Å²) in [4.78, 5) is 0. The van der Waals surface area contributed by atoms with Crippen molar-refractivity contribution in [1.29, 1.82) is 0 Å². The standard InChI is InChI=1S/C23H26N2O2/c1-2-26-18-12-10-17(11-13-18)20-16-21-19-8-4-5-9-22(19)27-23(25(21)24-20)14-6-3-7-15-23/h4-5,8-13,21H,2-3,6-7,14-16H2,1H3/t21-/m0/s1. The van der Waals surface area contributed by atoms with E-state index in [-0.39, 0.29) is 11.8 Å². The van der Waals surface area contributed by atoms with Gasteiger partial charge >= 0.3 is 0 Å². The predicted octanol–water partition coefficient (Wildman–Crippen LogP) is 5.29. The summed E-state index contributed by atoms with van der Waals surface area (Å²) < 4.78 is 12.2. The molecule has 3 aliphatic rings. The van der Waals surface area contributed by atoms with E-state index < -0.39 is 0 Å². The van der Waals surface area contributed by atoms with Crippen molar-refractivity contribution in [2.24, 2.45) is 5.10 Å². The van der Waals surface area contributed by atoms with Crippen LogP contribution in [-0.2, 0) is 0 Å². The van der Waals surface area contributed by atoms with Crippen molar-refractivity contribution in [2.45, 2.75) is 57.2 Å². The first-order valence-corrected chi connectivity index (χ1v) is 10.2. The monoisotopic (exact) mass is 362 g/mol. The van der Waals surface area contributed by atoms with Gasteiger partial charge < -0.3 is 9.47 Å². The maximum Gasteiger partial charge on any atom is 0.198 e. The Balaban J connectivity index is 1.52. The van der Waals surface area contributed by atoms with Gasteiger partial charge in [-0.1, -0.05) is 24.6 Å². The average molecular weight is 362 g/mol. The highest BCUT2D eigenvalue weighted by Gasteiger charge is 2.50. The lowest BCUT2D eigenvalue weighted by molar-refractivity contribution is -0.140. The van der Waals surface area contributed by atoms with E-state index in [1.54, 1.807) is 0 Å². The van der Waals surface area contributed by atoms with E-state index in [1.165, 1.54) is 30.4 Å². The van der Waals surface area contributed by atoms with E-state index in [0.717, 1.165) is 36.5 Å². The van der Waals surface area contributed by atoms with Crippen molar-refractivity contribution in [3.8, 4) is 11.5 Å². The van der Waals surface area contributed by atoms with E-state index in [2.05, 4.69) is 41.4 Å². The van der Waals surface area contributed by atoms with E-state index in [1.807, 2.05) is 19.1 Å². The lowest BCUT2D eigenvalue weighted by atomic mass is 9.86. The van der Waals surface area contributed by atoms with E-state index in [4.69, 9.17) is 14.6 Å². The normalized spacial score (nSPS) is 22.6. The molecule has 0 unspecified atom stereocenters. The Morgan fingerprint density at radius 2 is 1.85 bits per heavy atom. The molecule has 140 valence electrons. The van der Waals surface area contributed by atoms with Crippen molar-refractivity contribution < 1.29 is 9.47 Å². The summed E-state index contributed by atoms with van der Waals surface area (Å²) in [5.74, 6) is 1.96. The van der Waals surface area contributed by atoms with Crippen molar-refractivity contribution in [3.05, 3.63) is 59.7 Å². The number of para-hydroxylation sites is 1. The average Bonchev–Trinajstić information content (AvgIpc) is 3.17. The molecule has 4 nitrogen and oxygen atoms in total. The fourth-order valence-corrected chi connectivity index (χ4v) is 4.75. The number of hydrazone groups is 1. The highest BCUT2D eigenvalue weighted by molar-refractivity contribution is 6.02. The Hall–Kier alpha value is -2.49. The van der Waals surface area contributed by atoms with Crippen LogP contribution in [-0.4, -0.2) is 23.1 Å². The summed E-state index contributed by atoms with van der Waals surface area (Å²) in [5.41, 5.74) is 3.31. The predicted molar refractivity (Wildman–Crippen MR) is 106 cm³/mol. The summed E-state index contributed by atoms with van der Waals surface area (Å²) in [7, 11) is 0. The summed E-state index contributed by atoms with van der Waals surface area (Å²) in [5, 5.41) is 7.41. The number of rotatable bonds is 3. The molecule has 2 aromatic rings. The molecule has 1 spiro atoms. The van der Waals surface area contributed by atoms with Gasteiger partial charge in [-0.05, 0) is 55.7 Å². The summed E-state index contributed by atoms with van der Waals surface area (Å²) in [6, 6.07) is 17.1. The summed E-state index contributed by atoms with van der Waals surface area (Å²) in [6.07, 6.45) is 6.74. The second-order valence-corrected chi connectivity index (χ2v) is 7.72. The number of hydrogen-bond acceptors (Lipinski definition) is 4. The molecule has 0 amide bonds. The first-order valence-electron chi connectivity index (χ1n) is 10.2. The van der Waals surface area contributed by atoms with Crippen molar-refractivity contribution in [3.63, 3.8) is 0 Å². The van der Waals surface area contributed by atoms with Crippen LogP contribution in [0.15, 0.2) is 53.6 Å². The molecular weight excluding hydrogens is 336 g/mol. The van der Waals surface area contributed by atoms with Gasteiger partial charge in [0.15, 0.2) is 5.72 Å². The van der Waals surface area contributed by atoms with E-state index in [9.17, 15) is 0 Å². The Kier molecular flexibility index (Phi) is 4.07. The SMILES string of the molecule is CCOc1ccc(C2=NN3[C@@H](C2)c2ccccc2OC32CCCCC2)cc1. The minimum Gasteiger partial charge on any atom is -0.494 e. The van der Waals surface area contributed by atoms with Crippen molar-refractivity contribution in [2.75, 3.05) is 6.61 Å². The number of fused-ring (bicyclic) bond motifs is 4. The molecule has 1 saturated carbocycles. The molecule has 0 aromatic heterocycles. The molecule has 1 aliphatic carbocycles. The van der Waals surface area contributed by atoms with Crippen LogP contribution in [0.25, 0.3) is 0 Å². The van der Waals surface area contributed by atoms with E-state index in [0.29, 0.717) is 6.61 Å². The van der Waals surface area contributed by atoms with Gasteiger partial charge in [-0.15, -0.1) is 0 Å². The van der Waals surface area contributed by atoms with Crippen LogP contribution in [0.2, 0.25) is 0 Å². The Morgan fingerprint density at radius 1 is 1.07 bits per heavy atom. The largest absolute Gasteiger partial charge is 0.494 e. The zero-order valence-corrected chi connectivity index (χ0v) is 15.9. The molecule has 1 fully saturated rings. The number of benzene rings is 2. The van der Waals surface area contributed by atoms with Gasteiger partial charge in [-0.3, -0.25) is 0 Å². The maximum atomic E-state index is 6.61. The van der Waals surface area contributed by atoms with Gasteiger partial charge in [0.25, 0.3) is 0 Å². The first kappa shape index (κ1) is 16.7. The number of ether oxygens (including phenoxy) is 2. The molecule has 0 saturated heterocycles. The van der Waals surface area contributed by atoms with Gasteiger partial charge in [-0.25, -0.2) is 5.01 Å². The fraction of sp³-hybridized carbons (Fsp3) is 0.435. The molecular formula is C23H26N2O2. The van der Waals surface area contributed by atoms with Crippen LogP contribution in [0.3, 0.4) is 0 Å². The number of hydrogen-bond donors (Lipinski definition) is 0. The van der Waals surface area contributed by atoms with Crippen LogP contribution in [0.5, 0.6) is 11.5 Å². The highest BCUT2D eigenvalue weighted by atomic mass is 16.5. The second-order valence-electron chi connectivity index (χ2n) is 7.72. The minimum absolute atomic E-state index is 0.273. The topological polar surface area (TPSA) is 34.1 Å².